The van der Waals surface area contributed by atoms with Crippen molar-refractivity contribution >= 4 is 37.9 Å². The number of thiazole rings is 1. The Hall–Kier alpha value is -2.99. The molecule has 5 rings (SSSR count). The zero-order valence-electron chi connectivity index (χ0n) is 18.1. The number of aldehydes is 1. The van der Waals surface area contributed by atoms with Gasteiger partial charge in [-0.15, -0.1) is 16.2 Å². The highest BCUT2D eigenvalue weighted by molar-refractivity contribution is 7.91. The lowest BCUT2D eigenvalue weighted by atomic mass is 10.0. The number of para-hydroxylation sites is 1. The van der Waals surface area contributed by atoms with E-state index in [1.807, 2.05) is 36.4 Å². The van der Waals surface area contributed by atoms with Crippen LogP contribution < -0.4 is 4.83 Å². The molecule has 4 aromatic rings. The summed E-state index contributed by atoms with van der Waals surface area (Å²) in [6.07, 6.45) is -0.357. The molecule has 1 saturated heterocycles. The number of hydrogen-bond donors (Lipinski definition) is 1. The molecule has 3 atom stereocenters. The molecule has 1 aliphatic heterocycles. The fourth-order valence-electron chi connectivity index (χ4n) is 4.06. The van der Waals surface area contributed by atoms with Gasteiger partial charge in [0, 0.05) is 12.7 Å². The Morgan fingerprint density at radius 2 is 1.68 bits per heavy atom. The van der Waals surface area contributed by atoms with Crippen LogP contribution >= 0.6 is 11.3 Å². The lowest BCUT2D eigenvalue weighted by molar-refractivity contribution is -0.181. The average Bonchev–Trinajstić information content (AvgIpc) is 3.45. The van der Waals surface area contributed by atoms with Crippen LogP contribution in [0.2, 0.25) is 0 Å². The van der Waals surface area contributed by atoms with E-state index in [1.165, 1.54) is 12.1 Å². The molecule has 2 heterocycles. The third kappa shape index (κ3) is 3.84. The number of nitrogens with zero attached hydrogens (tertiary/aromatic N) is 2. The van der Waals surface area contributed by atoms with Crippen molar-refractivity contribution in [3.05, 3.63) is 96.1 Å². The number of fused-ring (bicyclic) bond motifs is 1. The zero-order chi connectivity index (χ0) is 23.8. The number of benzene rings is 3. The molecule has 0 bridgehead atoms. The molecule has 174 valence electrons. The minimum Gasteiger partial charge on any atom is -0.354 e. The number of hydrogen-bond acceptors (Lipinski definition) is 8. The fraction of sp³-hybridized carbons (Fsp3) is 0.167. The summed E-state index contributed by atoms with van der Waals surface area (Å²) in [7, 11) is -2.73. The summed E-state index contributed by atoms with van der Waals surface area (Å²) in [5.41, 5.74) is -0.0326. The van der Waals surface area contributed by atoms with E-state index >= 15 is 0 Å². The van der Waals surface area contributed by atoms with Crippen LogP contribution in [0, 0.1) is 0 Å². The summed E-state index contributed by atoms with van der Waals surface area (Å²) >= 11 is 1.05. The molecule has 0 saturated carbocycles. The highest BCUT2D eigenvalue weighted by Gasteiger charge is 2.57. The van der Waals surface area contributed by atoms with Gasteiger partial charge in [0.25, 0.3) is 10.0 Å². The summed E-state index contributed by atoms with van der Waals surface area (Å²) in [5, 5.41) is 1.31. The van der Waals surface area contributed by atoms with Crippen molar-refractivity contribution < 1.29 is 22.7 Å². The smallest absolute Gasteiger partial charge is 0.280 e. The minimum absolute atomic E-state index is 0.116. The zero-order valence-corrected chi connectivity index (χ0v) is 19.7. The Balaban J connectivity index is 1.65. The molecular formula is C24H21N3O5S2. The largest absolute Gasteiger partial charge is 0.354 e. The minimum atomic E-state index is -4.18. The van der Waals surface area contributed by atoms with E-state index in [2.05, 4.69) is 9.82 Å². The van der Waals surface area contributed by atoms with Crippen LogP contribution in [0.15, 0.2) is 89.3 Å². The van der Waals surface area contributed by atoms with Crippen LogP contribution in [0.1, 0.15) is 17.2 Å². The Labute approximate surface area is 200 Å². The van der Waals surface area contributed by atoms with Crippen molar-refractivity contribution in [1.82, 2.24) is 14.8 Å². The van der Waals surface area contributed by atoms with Crippen molar-refractivity contribution in [2.24, 2.45) is 0 Å². The molecule has 0 aliphatic carbocycles. The Morgan fingerprint density at radius 1 is 1.03 bits per heavy atom. The van der Waals surface area contributed by atoms with E-state index < -0.39 is 28.1 Å². The summed E-state index contributed by atoms with van der Waals surface area (Å²) in [6.45, 7) is 0. The first kappa shape index (κ1) is 22.8. The van der Waals surface area contributed by atoms with Crippen molar-refractivity contribution in [1.29, 1.82) is 0 Å². The molecule has 0 radical (unpaired) electrons. The first-order chi connectivity index (χ1) is 16.5. The number of nitrogens with one attached hydrogen (secondary N) is 1. The van der Waals surface area contributed by atoms with Gasteiger partial charge in [0.05, 0.1) is 10.2 Å². The topological polar surface area (TPSA) is 97.8 Å². The van der Waals surface area contributed by atoms with Crippen LogP contribution in [0.3, 0.4) is 0 Å². The lowest BCUT2D eigenvalue weighted by Gasteiger charge is -2.34. The number of aromatic nitrogens is 1. The van der Waals surface area contributed by atoms with Gasteiger partial charge in [-0.2, -0.15) is 5.01 Å². The van der Waals surface area contributed by atoms with Gasteiger partial charge < -0.3 is 9.47 Å². The second-order valence-electron chi connectivity index (χ2n) is 7.67. The summed E-state index contributed by atoms with van der Waals surface area (Å²) in [5.74, 6) is 0. The quantitative estimate of drug-likeness (QED) is 0.391. The van der Waals surface area contributed by atoms with Gasteiger partial charge in [0.1, 0.15) is 6.04 Å². The van der Waals surface area contributed by atoms with Crippen molar-refractivity contribution in [3.8, 4) is 0 Å². The Kier molecular flexibility index (Phi) is 6.02. The molecule has 1 aliphatic rings. The third-order valence-corrected chi connectivity index (χ3v) is 8.36. The van der Waals surface area contributed by atoms with Gasteiger partial charge in [-0.3, -0.25) is 4.79 Å². The molecule has 10 heteroatoms. The van der Waals surface area contributed by atoms with E-state index in [-0.39, 0.29) is 4.34 Å². The normalized spacial score (nSPS) is 23.3. The molecule has 8 nitrogen and oxygen atoms in total. The number of carbonyl (C=O) groups excluding carboxylic acids is 1. The number of rotatable bonds is 7. The summed E-state index contributed by atoms with van der Waals surface area (Å²) < 4.78 is 39.4. The third-order valence-electron chi connectivity index (χ3n) is 5.63. The van der Waals surface area contributed by atoms with E-state index in [9.17, 15) is 13.2 Å². The highest BCUT2D eigenvalue weighted by atomic mass is 32.2. The van der Waals surface area contributed by atoms with Gasteiger partial charge >= 0.3 is 0 Å². The molecule has 3 aromatic carbocycles. The van der Waals surface area contributed by atoms with E-state index in [1.54, 1.807) is 48.5 Å². The first-order valence-corrected chi connectivity index (χ1v) is 12.7. The number of methoxy groups -OCH3 is 1. The number of sulfonamides is 1. The van der Waals surface area contributed by atoms with Crippen LogP contribution in [0.5, 0.6) is 0 Å². The number of ether oxygens (including phenoxy) is 2. The maximum absolute atomic E-state index is 13.5. The molecule has 0 unspecified atom stereocenters. The van der Waals surface area contributed by atoms with Crippen LogP contribution in [-0.4, -0.2) is 38.1 Å². The van der Waals surface area contributed by atoms with Crippen molar-refractivity contribution in [3.63, 3.8) is 0 Å². The molecule has 0 amide bonds. The van der Waals surface area contributed by atoms with E-state index in [4.69, 9.17) is 9.47 Å². The SMILES string of the molecule is CO[C@@H]1O[C@](C=O)(c2ccccc2)N(NS(=O)(=O)c2nc3ccccc3s2)[C@H]1c1ccccc1. The maximum Gasteiger partial charge on any atom is 0.280 e. The molecule has 1 N–H and O–H groups in total. The second-order valence-corrected chi connectivity index (χ2v) is 10.5. The number of hydrazine groups is 1. The average molecular weight is 496 g/mol. The monoisotopic (exact) mass is 495 g/mol. The van der Waals surface area contributed by atoms with Gasteiger partial charge in [0.15, 0.2) is 12.6 Å². The van der Waals surface area contributed by atoms with Crippen LogP contribution in [0.25, 0.3) is 10.2 Å². The highest BCUT2D eigenvalue weighted by Crippen LogP contribution is 2.45. The molecule has 1 fully saturated rings. The van der Waals surface area contributed by atoms with Gasteiger partial charge in [-0.25, -0.2) is 13.4 Å². The summed E-state index contributed by atoms with van der Waals surface area (Å²) in [6, 6.07) is 24.3. The standard InChI is InChI=1S/C24H21N3O5S2/c1-31-22-21(17-10-4-2-5-11-17)27(24(16-28,32-22)18-12-6-3-7-13-18)26-34(29,30)23-25-19-14-8-9-15-20(19)33-23/h2-16,21-22,26H,1H3/t21-,22+,24+/m0/s1. The van der Waals surface area contributed by atoms with Crippen molar-refractivity contribution in [2.75, 3.05) is 7.11 Å². The molecule has 1 aromatic heterocycles. The molecular weight excluding hydrogens is 474 g/mol. The van der Waals surface area contributed by atoms with Gasteiger partial charge in [-0.05, 0) is 17.7 Å². The fourth-order valence-corrected chi connectivity index (χ4v) is 6.38. The van der Waals surface area contributed by atoms with E-state index in [0.29, 0.717) is 22.9 Å². The predicted molar refractivity (Wildman–Crippen MR) is 127 cm³/mol. The van der Waals surface area contributed by atoms with Gasteiger partial charge in [-0.1, -0.05) is 72.8 Å². The second kappa shape index (κ2) is 8.99. The van der Waals surface area contributed by atoms with Crippen molar-refractivity contribution in [2.45, 2.75) is 22.4 Å². The first-order valence-electron chi connectivity index (χ1n) is 10.4. The maximum atomic E-state index is 13.5. The molecule has 0 spiro atoms. The van der Waals surface area contributed by atoms with Crippen LogP contribution in [-0.2, 0) is 30.0 Å². The lowest BCUT2D eigenvalue weighted by Crippen LogP contribution is -2.54. The predicted octanol–water partition coefficient (Wildman–Crippen LogP) is 3.59. The van der Waals surface area contributed by atoms with Gasteiger partial charge in [0.2, 0.25) is 10.1 Å². The Bertz CT molecular complexity index is 1380. The van der Waals surface area contributed by atoms with E-state index in [0.717, 1.165) is 16.0 Å². The Morgan fingerprint density at radius 3 is 2.32 bits per heavy atom. The molecule has 34 heavy (non-hydrogen) atoms. The number of carbonyl (C=O) groups is 1. The van der Waals surface area contributed by atoms with Crippen LogP contribution in [0.4, 0.5) is 0 Å². The summed E-state index contributed by atoms with van der Waals surface area (Å²) in [4.78, 5) is 19.6.